The van der Waals surface area contributed by atoms with Crippen LogP contribution in [0.3, 0.4) is 0 Å². The van der Waals surface area contributed by atoms with Crippen molar-refractivity contribution in [1.82, 2.24) is 10.6 Å². The first-order valence-electron chi connectivity index (χ1n) is 6.53. The molecular weight excluding hydrogens is 331 g/mol. The Kier molecular flexibility index (Phi) is 7.14. The van der Waals surface area contributed by atoms with Gasteiger partial charge in [0.25, 0.3) is 5.91 Å². The van der Waals surface area contributed by atoms with Gasteiger partial charge in [0.1, 0.15) is 6.04 Å². The van der Waals surface area contributed by atoms with Crippen LogP contribution in [-0.2, 0) is 14.3 Å². The van der Waals surface area contributed by atoms with E-state index in [0.29, 0.717) is 6.54 Å². The number of hydrogen-bond acceptors (Lipinski definition) is 4. The van der Waals surface area contributed by atoms with Crippen molar-refractivity contribution in [3.63, 3.8) is 0 Å². The number of amides is 2. The maximum absolute atomic E-state index is 11.8. The van der Waals surface area contributed by atoms with E-state index < -0.39 is 24.5 Å². The Morgan fingerprint density at radius 1 is 1.18 bits per heavy atom. The summed E-state index contributed by atoms with van der Waals surface area (Å²) in [6.45, 7) is 3.25. The number of likely N-dealkylation sites (N-methyl/N-ethyl adjacent to an activating group) is 1. The second kappa shape index (κ2) is 8.60. The molecule has 1 atom stereocenters. The van der Waals surface area contributed by atoms with Crippen LogP contribution in [0, 0.1) is 0 Å². The number of carbonyl (C=O) groups excluding carboxylic acids is 3. The van der Waals surface area contributed by atoms with E-state index in [-0.39, 0.29) is 21.5 Å². The van der Waals surface area contributed by atoms with E-state index in [0.717, 1.165) is 0 Å². The van der Waals surface area contributed by atoms with Crippen LogP contribution in [0.4, 0.5) is 0 Å². The molecule has 1 rings (SSSR count). The zero-order valence-corrected chi connectivity index (χ0v) is 13.6. The number of hydrogen-bond donors (Lipinski definition) is 2. The van der Waals surface area contributed by atoms with E-state index in [9.17, 15) is 14.4 Å². The lowest BCUT2D eigenvalue weighted by Gasteiger charge is -2.13. The molecule has 1 aromatic carbocycles. The Bertz CT molecular complexity index is 558. The predicted octanol–water partition coefficient (Wildman–Crippen LogP) is 1.79. The average Bonchev–Trinajstić information content (AvgIpc) is 2.43. The number of esters is 1. The summed E-state index contributed by atoms with van der Waals surface area (Å²) in [5.74, 6) is -1.63. The third-order valence-corrected chi connectivity index (χ3v) is 2.99. The van der Waals surface area contributed by atoms with Gasteiger partial charge in [-0.25, -0.2) is 4.79 Å². The smallest absolute Gasteiger partial charge is 0.338 e. The van der Waals surface area contributed by atoms with Crippen LogP contribution in [0.25, 0.3) is 0 Å². The van der Waals surface area contributed by atoms with Crippen molar-refractivity contribution < 1.29 is 19.1 Å². The molecule has 0 bridgehead atoms. The number of halogens is 2. The molecule has 0 aromatic heterocycles. The van der Waals surface area contributed by atoms with E-state index in [1.807, 2.05) is 0 Å². The Morgan fingerprint density at radius 2 is 1.77 bits per heavy atom. The van der Waals surface area contributed by atoms with Gasteiger partial charge in [-0.1, -0.05) is 23.2 Å². The summed E-state index contributed by atoms with van der Waals surface area (Å²) in [7, 11) is 0. The summed E-state index contributed by atoms with van der Waals surface area (Å²) in [4.78, 5) is 34.8. The zero-order valence-electron chi connectivity index (χ0n) is 12.1. The molecule has 0 unspecified atom stereocenters. The highest BCUT2D eigenvalue weighted by atomic mass is 35.5. The van der Waals surface area contributed by atoms with Gasteiger partial charge in [0.05, 0.1) is 5.56 Å². The van der Waals surface area contributed by atoms with Crippen molar-refractivity contribution >= 4 is 41.0 Å². The van der Waals surface area contributed by atoms with Gasteiger partial charge >= 0.3 is 5.97 Å². The van der Waals surface area contributed by atoms with Crippen molar-refractivity contribution in [2.45, 2.75) is 19.9 Å². The third-order valence-electron chi connectivity index (χ3n) is 2.55. The number of ether oxygens (including phenoxy) is 1. The molecule has 0 heterocycles. The second-order valence-corrected chi connectivity index (χ2v) is 5.29. The maximum Gasteiger partial charge on any atom is 0.338 e. The fourth-order valence-corrected chi connectivity index (χ4v) is 2.09. The third kappa shape index (κ3) is 5.91. The minimum Gasteiger partial charge on any atom is -0.452 e. The second-order valence-electron chi connectivity index (χ2n) is 4.42. The summed E-state index contributed by atoms with van der Waals surface area (Å²) in [5.41, 5.74) is 0.141. The lowest BCUT2D eigenvalue weighted by Crippen LogP contribution is -2.46. The number of carbonyl (C=O) groups is 3. The molecule has 2 amide bonds. The van der Waals surface area contributed by atoms with Crippen LogP contribution in [0.5, 0.6) is 0 Å². The van der Waals surface area contributed by atoms with Crippen LogP contribution < -0.4 is 10.6 Å². The summed E-state index contributed by atoms with van der Waals surface area (Å²) in [6.07, 6.45) is 0. The van der Waals surface area contributed by atoms with Gasteiger partial charge in [-0.3, -0.25) is 9.59 Å². The summed E-state index contributed by atoms with van der Waals surface area (Å²) >= 11 is 11.5. The standard InChI is InChI=1S/C14H16Cl2N2O4/c1-3-17-13(20)8(2)18-12(19)7-22-14(21)9-4-10(15)6-11(16)5-9/h4-6,8H,3,7H2,1-2H3,(H,17,20)(H,18,19)/t8-/m1/s1. The molecule has 0 saturated carbocycles. The van der Waals surface area contributed by atoms with Gasteiger partial charge in [0.15, 0.2) is 6.61 Å². The Hall–Kier alpha value is -1.79. The first kappa shape index (κ1) is 18.3. The number of nitrogens with one attached hydrogen (secondary N) is 2. The molecule has 0 aliphatic carbocycles. The van der Waals surface area contributed by atoms with E-state index in [2.05, 4.69) is 10.6 Å². The summed E-state index contributed by atoms with van der Waals surface area (Å²) in [6, 6.07) is 3.52. The highest BCUT2D eigenvalue weighted by molar-refractivity contribution is 6.35. The SMILES string of the molecule is CCNC(=O)[C@@H](C)NC(=O)COC(=O)c1cc(Cl)cc(Cl)c1. The average molecular weight is 347 g/mol. The maximum atomic E-state index is 11.8. The molecule has 0 fully saturated rings. The van der Waals surface area contributed by atoms with Crippen LogP contribution >= 0.6 is 23.2 Å². The van der Waals surface area contributed by atoms with E-state index in [4.69, 9.17) is 27.9 Å². The van der Waals surface area contributed by atoms with Crippen molar-refractivity contribution in [2.75, 3.05) is 13.2 Å². The van der Waals surface area contributed by atoms with Crippen molar-refractivity contribution in [2.24, 2.45) is 0 Å². The highest BCUT2D eigenvalue weighted by Crippen LogP contribution is 2.19. The topological polar surface area (TPSA) is 84.5 Å². The molecular formula is C14H16Cl2N2O4. The first-order chi connectivity index (χ1) is 10.3. The molecule has 6 nitrogen and oxygen atoms in total. The minimum absolute atomic E-state index is 0.141. The van der Waals surface area contributed by atoms with Crippen LogP contribution in [0.15, 0.2) is 18.2 Å². The van der Waals surface area contributed by atoms with E-state index >= 15 is 0 Å². The van der Waals surface area contributed by atoms with Crippen LogP contribution in [-0.4, -0.2) is 37.0 Å². The predicted molar refractivity (Wildman–Crippen MR) is 83.0 cm³/mol. The summed E-state index contributed by atoms with van der Waals surface area (Å²) in [5, 5.41) is 5.55. The quantitative estimate of drug-likeness (QED) is 0.769. The molecule has 0 radical (unpaired) electrons. The van der Waals surface area contributed by atoms with Crippen LogP contribution in [0.2, 0.25) is 10.0 Å². The molecule has 8 heteroatoms. The monoisotopic (exact) mass is 346 g/mol. The molecule has 0 saturated heterocycles. The summed E-state index contributed by atoms with van der Waals surface area (Å²) < 4.78 is 4.84. The van der Waals surface area contributed by atoms with E-state index in [1.165, 1.54) is 25.1 Å². The fraction of sp³-hybridized carbons (Fsp3) is 0.357. The van der Waals surface area contributed by atoms with Gasteiger partial charge in [-0.05, 0) is 32.0 Å². The van der Waals surface area contributed by atoms with Crippen LogP contribution in [0.1, 0.15) is 24.2 Å². The van der Waals surface area contributed by atoms with Crippen molar-refractivity contribution in [3.05, 3.63) is 33.8 Å². The Morgan fingerprint density at radius 3 is 2.32 bits per heavy atom. The van der Waals surface area contributed by atoms with Gasteiger partial charge in [0.2, 0.25) is 5.91 Å². The van der Waals surface area contributed by atoms with Gasteiger partial charge in [0, 0.05) is 16.6 Å². The zero-order chi connectivity index (χ0) is 16.7. The Balaban J connectivity index is 2.50. The lowest BCUT2D eigenvalue weighted by atomic mass is 10.2. The molecule has 120 valence electrons. The minimum atomic E-state index is -0.731. The molecule has 0 spiro atoms. The fourth-order valence-electron chi connectivity index (χ4n) is 1.56. The Labute approximate surface area is 138 Å². The lowest BCUT2D eigenvalue weighted by molar-refractivity contribution is -0.130. The molecule has 0 aliphatic rings. The number of benzene rings is 1. The molecule has 1 aromatic rings. The van der Waals surface area contributed by atoms with Crippen molar-refractivity contribution in [3.8, 4) is 0 Å². The van der Waals surface area contributed by atoms with Gasteiger partial charge in [-0.15, -0.1) is 0 Å². The first-order valence-corrected chi connectivity index (χ1v) is 7.29. The molecule has 2 N–H and O–H groups in total. The largest absolute Gasteiger partial charge is 0.452 e. The van der Waals surface area contributed by atoms with E-state index in [1.54, 1.807) is 6.92 Å². The van der Waals surface area contributed by atoms with Gasteiger partial charge < -0.3 is 15.4 Å². The molecule has 22 heavy (non-hydrogen) atoms. The number of rotatable bonds is 6. The molecule has 0 aliphatic heterocycles. The van der Waals surface area contributed by atoms with Crippen molar-refractivity contribution in [1.29, 1.82) is 0 Å². The normalized spacial score (nSPS) is 11.5. The highest BCUT2D eigenvalue weighted by Gasteiger charge is 2.16. The van der Waals surface area contributed by atoms with Gasteiger partial charge in [-0.2, -0.15) is 0 Å².